The van der Waals surface area contributed by atoms with Crippen molar-refractivity contribution in [1.82, 2.24) is 4.90 Å². The largest absolute Gasteiger partial charge is 0.493 e. The van der Waals surface area contributed by atoms with Crippen LogP contribution < -0.4 is 9.47 Å². The fourth-order valence-corrected chi connectivity index (χ4v) is 4.34. The molecule has 0 saturated heterocycles. The normalized spacial score (nSPS) is 18.5. The van der Waals surface area contributed by atoms with Crippen molar-refractivity contribution in [2.24, 2.45) is 0 Å². The molecule has 0 amide bonds. The molecule has 1 atom stereocenters. The van der Waals surface area contributed by atoms with E-state index in [9.17, 15) is 10.1 Å². The second-order valence-corrected chi connectivity index (χ2v) is 6.97. The molecule has 0 N–H and O–H groups in total. The van der Waals surface area contributed by atoms with E-state index >= 15 is 0 Å². The van der Waals surface area contributed by atoms with Gasteiger partial charge in [-0.25, -0.2) is 0 Å². The summed E-state index contributed by atoms with van der Waals surface area (Å²) in [7, 11) is 3.33. The number of nitrogens with zero attached hydrogens (tertiary/aromatic N) is 2. The van der Waals surface area contributed by atoms with Gasteiger partial charge in [0.15, 0.2) is 11.5 Å². The first-order valence-electron chi connectivity index (χ1n) is 8.78. The minimum Gasteiger partial charge on any atom is -0.493 e. The van der Waals surface area contributed by atoms with E-state index in [0.717, 1.165) is 48.6 Å². The van der Waals surface area contributed by atoms with Crippen LogP contribution in [0.5, 0.6) is 11.5 Å². The van der Waals surface area contributed by atoms with Crippen molar-refractivity contribution >= 4 is 5.69 Å². The van der Waals surface area contributed by atoms with Gasteiger partial charge in [-0.2, -0.15) is 0 Å². The second kappa shape index (κ2) is 6.29. The number of hydrogen-bond acceptors (Lipinski definition) is 5. The van der Waals surface area contributed by atoms with E-state index in [1.807, 2.05) is 19.1 Å². The summed E-state index contributed by atoms with van der Waals surface area (Å²) < 4.78 is 11.1. The number of nitro benzene ring substituents is 1. The number of nitro groups is 1. The Labute approximate surface area is 152 Å². The highest BCUT2D eigenvalue weighted by Gasteiger charge is 2.35. The predicted molar refractivity (Wildman–Crippen MR) is 97.9 cm³/mol. The number of methoxy groups -OCH3 is 2. The van der Waals surface area contributed by atoms with Crippen LogP contribution >= 0.6 is 0 Å². The van der Waals surface area contributed by atoms with Crippen LogP contribution in [0.15, 0.2) is 24.3 Å². The Morgan fingerprint density at radius 3 is 2.69 bits per heavy atom. The Kier molecular flexibility index (Phi) is 4.07. The molecule has 6 nitrogen and oxygen atoms in total. The van der Waals surface area contributed by atoms with Gasteiger partial charge < -0.3 is 9.47 Å². The van der Waals surface area contributed by atoms with Crippen LogP contribution in [0.2, 0.25) is 0 Å². The molecule has 2 heterocycles. The zero-order valence-corrected chi connectivity index (χ0v) is 15.2. The molecule has 0 aliphatic carbocycles. The van der Waals surface area contributed by atoms with E-state index in [1.54, 1.807) is 20.3 Å². The minimum atomic E-state index is -0.282. The van der Waals surface area contributed by atoms with Gasteiger partial charge in [0, 0.05) is 36.3 Å². The Hall–Kier alpha value is -2.60. The Morgan fingerprint density at radius 2 is 2.00 bits per heavy atom. The van der Waals surface area contributed by atoms with Crippen LogP contribution in [0.1, 0.15) is 33.9 Å². The van der Waals surface area contributed by atoms with Crippen molar-refractivity contribution in [2.75, 3.05) is 20.8 Å². The van der Waals surface area contributed by atoms with Gasteiger partial charge in [-0.15, -0.1) is 0 Å². The lowest BCUT2D eigenvalue weighted by atomic mass is 9.83. The molecule has 2 aliphatic rings. The van der Waals surface area contributed by atoms with Crippen LogP contribution in [0, 0.1) is 17.0 Å². The molecule has 0 aromatic heterocycles. The summed E-state index contributed by atoms with van der Waals surface area (Å²) in [5, 5.41) is 11.3. The van der Waals surface area contributed by atoms with E-state index in [-0.39, 0.29) is 16.7 Å². The molecule has 0 spiro atoms. The van der Waals surface area contributed by atoms with E-state index < -0.39 is 0 Å². The molecule has 2 aliphatic heterocycles. The first-order valence-corrected chi connectivity index (χ1v) is 8.78. The van der Waals surface area contributed by atoms with Crippen molar-refractivity contribution in [1.29, 1.82) is 0 Å². The van der Waals surface area contributed by atoms with E-state index in [1.165, 1.54) is 16.7 Å². The van der Waals surface area contributed by atoms with Crippen molar-refractivity contribution in [3.8, 4) is 11.5 Å². The van der Waals surface area contributed by atoms with Crippen molar-refractivity contribution < 1.29 is 14.4 Å². The molecule has 2 aromatic rings. The van der Waals surface area contributed by atoms with Gasteiger partial charge >= 0.3 is 0 Å². The zero-order chi connectivity index (χ0) is 18.4. The average Bonchev–Trinajstić information content (AvgIpc) is 2.64. The number of ether oxygens (including phenoxy) is 2. The molecule has 0 radical (unpaired) electrons. The highest BCUT2D eigenvalue weighted by molar-refractivity contribution is 5.54. The summed E-state index contributed by atoms with van der Waals surface area (Å²) >= 11 is 0. The summed E-state index contributed by atoms with van der Waals surface area (Å²) in [5.41, 5.74) is 5.72. The van der Waals surface area contributed by atoms with Gasteiger partial charge in [-0.3, -0.25) is 15.0 Å². The predicted octanol–water partition coefficient (Wildman–Crippen LogP) is 3.58. The smallest absolute Gasteiger partial charge is 0.272 e. The van der Waals surface area contributed by atoms with Gasteiger partial charge in [-0.1, -0.05) is 6.07 Å². The Balaban J connectivity index is 1.77. The van der Waals surface area contributed by atoms with Crippen LogP contribution in [0.4, 0.5) is 5.69 Å². The summed E-state index contributed by atoms with van der Waals surface area (Å²) in [6, 6.07) is 8.10. The number of benzene rings is 2. The molecule has 0 fully saturated rings. The van der Waals surface area contributed by atoms with E-state index in [0.29, 0.717) is 0 Å². The number of hydrogen-bond donors (Lipinski definition) is 0. The van der Waals surface area contributed by atoms with Gasteiger partial charge in [0.2, 0.25) is 0 Å². The van der Waals surface area contributed by atoms with Crippen LogP contribution in [0.25, 0.3) is 0 Å². The molecular weight excluding hydrogens is 332 g/mol. The van der Waals surface area contributed by atoms with Crippen molar-refractivity contribution in [3.05, 3.63) is 62.2 Å². The molecular formula is C20H22N2O4. The Morgan fingerprint density at radius 1 is 1.19 bits per heavy atom. The van der Waals surface area contributed by atoms with Gasteiger partial charge in [0.1, 0.15) is 0 Å². The minimum absolute atomic E-state index is 0.222. The number of rotatable bonds is 3. The third kappa shape index (κ3) is 2.52. The lowest BCUT2D eigenvalue weighted by Crippen LogP contribution is -2.39. The van der Waals surface area contributed by atoms with Crippen LogP contribution in [0.3, 0.4) is 0 Å². The molecule has 136 valence electrons. The quantitative estimate of drug-likeness (QED) is 0.623. The molecule has 4 rings (SSSR count). The fraction of sp³-hybridized carbons (Fsp3) is 0.400. The summed E-state index contributed by atoms with van der Waals surface area (Å²) in [6.07, 6.45) is 1.70. The SMILES string of the molecule is COc1ccc2c(c1OC)CN1CCc3cc([N+](=O)[O-])c(C)cc3C1C2. The number of aryl methyl sites for hydroxylation is 1. The summed E-state index contributed by atoms with van der Waals surface area (Å²) in [5.74, 6) is 1.57. The maximum atomic E-state index is 11.3. The highest BCUT2D eigenvalue weighted by Crippen LogP contribution is 2.44. The zero-order valence-electron chi connectivity index (χ0n) is 15.2. The summed E-state index contributed by atoms with van der Waals surface area (Å²) in [6.45, 7) is 3.51. The third-order valence-corrected chi connectivity index (χ3v) is 5.64. The van der Waals surface area contributed by atoms with Gasteiger partial charge in [0.05, 0.1) is 19.1 Å². The second-order valence-electron chi connectivity index (χ2n) is 6.97. The maximum absolute atomic E-state index is 11.3. The van der Waals surface area contributed by atoms with Crippen molar-refractivity contribution in [2.45, 2.75) is 32.4 Å². The molecule has 2 aromatic carbocycles. The number of fused-ring (bicyclic) bond motifs is 4. The first-order chi connectivity index (χ1) is 12.5. The van der Waals surface area contributed by atoms with E-state index in [4.69, 9.17) is 9.47 Å². The maximum Gasteiger partial charge on any atom is 0.272 e. The van der Waals surface area contributed by atoms with E-state index in [2.05, 4.69) is 11.0 Å². The fourth-order valence-electron chi connectivity index (χ4n) is 4.34. The van der Waals surface area contributed by atoms with Gasteiger partial charge in [0.25, 0.3) is 5.69 Å². The van der Waals surface area contributed by atoms with Crippen molar-refractivity contribution in [3.63, 3.8) is 0 Å². The molecule has 0 bridgehead atoms. The molecule has 1 unspecified atom stereocenters. The standard InChI is InChI=1S/C20H22N2O4/c1-12-8-15-14(9-17(12)22(23)24)6-7-21-11-16-13(10-18(15)21)4-5-19(25-2)20(16)26-3/h4-5,8-9,18H,6-7,10-11H2,1-3H3. The monoisotopic (exact) mass is 354 g/mol. The lowest BCUT2D eigenvalue weighted by Gasteiger charge is -2.42. The third-order valence-electron chi connectivity index (χ3n) is 5.64. The van der Waals surface area contributed by atoms with Crippen LogP contribution in [-0.4, -0.2) is 30.6 Å². The summed E-state index contributed by atoms with van der Waals surface area (Å²) in [4.78, 5) is 13.4. The molecule has 6 heteroatoms. The lowest BCUT2D eigenvalue weighted by molar-refractivity contribution is -0.385. The Bertz CT molecular complexity index is 894. The van der Waals surface area contributed by atoms with Crippen LogP contribution in [-0.2, 0) is 19.4 Å². The van der Waals surface area contributed by atoms with Gasteiger partial charge in [-0.05, 0) is 48.6 Å². The topological polar surface area (TPSA) is 64.8 Å². The molecule has 0 saturated carbocycles. The first kappa shape index (κ1) is 16.8. The molecule has 26 heavy (non-hydrogen) atoms. The highest BCUT2D eigenvalue weighted by atomic mass is 16.6. The average molecular weight is 354 g/mol.